The summed E-state index contributed by atoms with van der Waals surface area (Å²) >= 11 is 0. The van der Waals surface area contributed by atoms with Crippen LogP contribution in [0.4, 0.5) is 10.1 Å². The number of benzene rings is 2. The lowest BCUT2D eigenvalue weighted by molar-refractivity contribution is -0.00943. The van der Waals surface area contributed by atoms with Crippen LogP contribution in [-0.2, 0) is 6.42 Å². The van der Waals surface area contributed by atoms with Crippen molar-refractivity contribution in [2.24, 2.45) is 0 Å². The number of halogens is 1. The maximum absolute atomic E-state index is 13.8. The summed E-state index contributed by atoms with van der Waals surface area (Å²) in [6.07, 6.45) is 4.58. The highest BCUT2D eigenvalue weighted by Gasteiger charge is 2.33. The van der Waals surface area contributed by atoms with Gasteiger partial charge in [0, 0.05) is 61.3 Å². The smallest absolute Gasteiger partial charge is 0.216 e. The summed E-state index contributed by atoms with van der Waals surface area (Å²) < 4.78 is 18.8. The van der Waals surface area contributed by atoms with Crippen LogP contribution >= 0.6 is 0 Å². The van der Waals surface area contributed by atoms with Crippen LogP contribution in [0.2, 0.25) is 0 Å². The van der Waals surface area contributed by atoms with Crippen LogP contribution in [0.5, 0.6) is 5.75 Å². The van der Waals surface area contributed by atoms with Crippen molar-refractivity contribution in [1.29, 1.82) is 0 Å². The molecule has 0 unspecified atom stereocenters. The molecule has 5 rings (SSSR count). The van der Waals surface area contributed by atoms with Crippen molar-refractivity contribution in [3.8, 4) is 5.75 Å². The van der Waals surface area contributed by atoms with Gasteiger partial charge in [0.15, 0.2) is 6.79 Å². The second-order valence-electron chi connectivity index (χ2n) is 9.22. The highest BCUT2D eigenvalue weighted by molar-refractivity contribution is 5.84. The van der Waals surface area contributed by atoms with Gasteiger partial charge in [0.2, 0.25) is 5.95 Å². The average Bonchev–Trinajstić information content (AvgIpc) is 2.95. The summed E-state index contributed by atoms with van der Waals surface area (Å²) in [4.78, 5) is 10.0. The first-order chi connectivity index (χ1) is 18.4. The molecular formula is C30H33FN4O3. The van der Waals surface area contributed by atoms with Gasteiger partial charge in [0.25, 0.3) is 0 Å². The molecule has 4 aromatic rings. The molecule has 1 aliphatic rings. The average molecular weight is 517 g/mol. The molecule has 0 spiro atoms. The number of hydrogen-bond acceptors (Lipinski definition) is 7. The van der Waals surface area contributed by atoms with Gasteiger partial charge in [-0.1, -0.05) is 43.0 Å². The minimum atomic E-state index is -0.892. The zero-order valence-corrected chi connectivity index (χ0v) is 21.5. The molecule has 2 aromatic heterocycles. The van der Waals surface area contributed by atoms with Gasteiger partial charge >= 0.3 is 0 Å². The number of likely N-dealkylation sites (tertiary alicyclic amines) is 1. The van der Waals surface area contributed by atoms with E-state index in [1.165, 1.54) is 6.20 Å². The molecule has 0 aliphatic carbocycles. The number of nitrogens with zero attached hydrogens (tertiary/aromatic N) is 3. The number of rotatable bonds is 7. The fourth-order valence-electron chi connectivity index (χ4n) is 4.55. The molecule has 38 heavy (non-hydrogen) atoms. The second-order valence-corrected chi connectivity index (χ2v) is 9.22. The Kier molecular flexibility index (Phi) is 8.89. The van der Waals surface area contributed by atoms with E-state index < -0.39 is 11.5 Å². The van der Waals surface area contributed by atoms with Crippen LogP contribution in [0.3, 0.4) is 0 Å². The largest absolute Gasteiger partial charge is 0.465 e. The Labute approximate surface area is 222 Å². The quantitative estimate of drug-likeness (QED) is 0.239. The van der Waals surface area contributed by atoms with E-state index in [2.05, 4.69) is 26.8 Å². The van der Waals surface area contributed by atoms with Crippen molar-refractivity contribution in [2.45, 2.75) is 24.9 Å². The Hall–Kier alpha value is -4.01. The number of pyridine rings is 2. The molecule has 0 bridgehead atoms. The molecular weight excluding hydrogens is 483 g/mol. The molecule has 0 atom stereocenters. The number of nitrogens with one attached hydrogen (secondary N) is 1. The Bertz CT molecular complexity index is 1350. The van der Waals surface area contributed by atoms with Crippen LogP contribution in [0.1, 0.15) is 24.0 Å². The highest BCUT2D eigenvalue weighted by atomic mass is 19.1. The second kappa shape index (κ2) is 12.5. The van der Waals surface area contributed by atoms with E-state index in [9.17, 15) is 9.50 Å². The van der Waals surface area contributed by atoms with Crippen molar-refractivity contribution in [2.75, 3.05) is 32.2 Å². The predicted octanol–water partition coefficient (Wildman–Crippen LogP) is 4.87. The third-order valence-electron chi connectivity index (χ3n) is 6.75. The molecule has 1 aliphatic heterocycles. The van der Waals surface area contributed by atoms with Gasteiger partial charge in [-0.3, -0.25) is 4.98 Å². The van der Waals surface area contributed by atoms with E-state index in [0.717, 1.165) is 27.9 Å². The van der Waals surface area contributed by atoms with Crippen LogP contribution in [0, 0.1) is 5.95 Å². The third kappa shape index (κ3) is 6.65. The normalized spacial score (nSPS) is 14.4. The number of aromatic nitrogens is 2. The lowest BCUT2D eigenvalue weighted by Crippen LogP contribution is -2.45. The Morgan fingerprint density at radius 3 is 2.39 bits per heavy atom. The number of ether oxygens (including phenoxy) is 1. The molecule has 1 fully saturated rings. The van der Waals surface area contributed by atoms with Crippen LogP contribution in [-0.4, -0.2) is 57.6 Å². The van der Waals surface area contributed by atoms with Crippen LogP contribution in [0.15, 0.2) is 85.7 Å². The van der Waals surface area contributed by atoms with E-state index in [1.54, 1.807) is 24.4 Å². The highest BCUT2D eigenvalue weighted by Crippen LogP contribution is 2.31. The molecule has 3 heterocycles. The molecule has 0 saturated carbocycles. The number of anilines is 1. The van der Waals surface area contributed by atoms with E-state index >= 15 is 0 Å². The van der Waals surface area contributed by atoms with Gasteiger partial charge in [0.1, 0.15) is 11.3 Å². The number of para-hydroxylation sites is 1. The van der Waals surface area contributed by atoms with Gasteiger partial charge in [-0.15, -0.1) is 0 Å². The van der Waals surface area contributed by atoms with Crippen molar-refractivity contribution in [3.63, 3.8) is 0 Å². The van der Waals surface area contributed by atoms with Crippen molar-refractivity contribution in [3.05, 3.63) is 103 Å². The van der Waals surface area contributed by atoms with Gasteiger partial charge in [0.05, 0.1) is 5.60 Å². The van der Waals surface area contributed by atoms with Crippen molar-refractivity contribution in [1.82, 2.24) is 14.9 Å². The Morgan fingerprint density at radius 1 is 1.03 bits per heavy atom. The first-order valence-electron chi connectivity index (χ1n) is 12.5. The first-order valence-corrected chi connectivity index (χ1v) is 12.5. The Balaban J connectivity index is 0.000000216. The number of aliphatic hydroxyl groups is 2. The summed E-state index contributed by atoms with van der Waals surface area (Å²) in [5.41, 5.74) is 3.44. The first kappa shape index (κ1) is 27.0. The maximum Gasteiger partial charge on any atom is 0.216 e. The number of fused-ring (bicyclic) bond motifs is 1. The van der Waals surface area contributed by atoms with E-state index in [-0.39, 0.29) is 6.79 Å². The zero-order chi connectivity index (χ0) is 27.0. The van der Waals surface area contributed by atoms with Gasteiger partial charge < -0.3 is 25.2 Å². The predicted molar refractivity (Wildman–Crippen MR) is 148 cm³/mol. The summed E-state index contributed by atoms with van der Waals surface area (Å²) in [5, 5.41) is 23.6. The standard InChI is InChI=1S/C20H24FN3O.C10H9NO2/c1-15(16-5-7-18(22-2)8-6-16)24-12-9-20(25,10-13-24)14-17-4-3-11-23-19(17)21;12-7-13-9-5-1-3-8-4-2-6-11-10(8)9/h3-8,11,22,25H,1,9-10,12-14H2,2H3;1-6,12H,7H2. The summed E-state index contributed by atoms with van der Waals surface area (Å²) in [7, 11) is 1.89. The molecule has 3 N–H and O–H groups in total. The lowest BCUT2D eigenvalue weighted by Gasteiger charge is -2.40. The molecule has 8 heteroatoms. The fourth-order valence-corrected chi connectivity index (χ4v) is 4.55. The molecule has 7 nitrogen and oxygen atoms in total. The molecule has 0 amide bonds. The molecule has 0 radical (unpaired) electrons. The minimum Gasteiger partial charge on any atom is -0.465 e. The molecule has 198 valence electrons. The Morgan fingerprint density at radius 2 is 1.71 bits per heavy atom. The zero-order valence-electron chi connectivity index (χ0n) is 21.5. The van der Waals surface area contributed by atoms with Gasteiger partial charge in [-0.05, 0) is 48.7 Å². The maximum atomic E-state index is 13.8. The van der Waals surface area contributed by atoms with E-state index in [0.29, 0.717) is 43.7 Å². The molecule has 2 aromatic carbocycles. The minimum absolute atomic E-state index is 0.295. The summed E-state index contributed by atoms with van der Waals surface area (Å²) in [6, 6.07) is 20.9. The number of hydrogen-bond donors (Lipinski definition) is 3. The van der Waals surface area contributed by atoms with E-state index in [1.807, 2.05) is 55.6 Å². The van der Waals surface area contributed by atoms with Crippen molar-refractivity contribution >= 4 is 22.3 Å². The van der Waals surface area contributed by atoms with Gasteiger partial charge in [-0.2, -0.15) is 4.39 Å². The summed E-state index contributed by atoms with van der Waals surface area (Å²) in [6.45, 7) is 5.28. The van der Waals surface area contributed by atoms with Crippen LogP contribution in [0.25, 0.3) is 16.6 Å². The van der Waals surface area contributed by atoms with Crippen LogP contribution < -0.4 is 10.1 Å². The number of aliphatic hydroxyl groups excluding tert-OH is 1. The SMILES string of the molecule is C=C(c1ccc(NC)cc1)N1CCC(O)(Cc2cccnc2F)CC1.OCOc1cccc2cccnc12. The van der Waals surface area contributed by atoms with E-state index in [4.69, 9.17) is 9.84 Å². The third-order valence-corrected chi connectivity index (χ3v) is 6.75. The lowest BCUT2D eigenvalue weighted by atomic mass is 9.85. The fraction of sp³-hybridized carbons (Fsp3) is 0.267. The van der Waals surface area contributed by atoms with Gasteiger partial charge in [-0.25, -0.2) is 4.98 Å². The van der Waals surface area contributed by atoms with Crippen molar-refractivity contribution < 1.29 is 19.3 Å². The number of piperidine rings is 1. The topological polar surface area (TPSA) is 90.7 Å². The monoisotopic (exact) mass is 516 g/mol. The molecule has 1 saturated heterocycles. The summed E-state index contributed by atoms with van der Waals surface area (Å²) in [5.74, 6) is 0.119.